The smallest absolute Gasteiger partial charge is 0.374 e. The van der Waals surface area contributed by atoms with Crippen LogP contribution < -0.4 is 5.32 Å². The predicted molar refractivity (Wildman–Crippen MR) is 75.3 cm³/mol. The molecule has 22 heavy (non-hydrogen) atoms. The van der Waals surface area contributed by atoms with Gasteiger partial charge in [0.15, 0.2) is 11.5 Å². The monoisotopic (exact) mass is 299 g/mol. The molecule has 0 fully saturated rings. The Hall–Kier alpha value is -3.49. The minimum absolute atomic E-state index is 0.145. The molecule has 110 valence electrons. The average molecular weight is 299 g/mol. The van der Waals surface area contributed by atoms with Gasteiger partial charge < -0.3 is 20.5 Å². The number of hydrogen-bond donors (Lipinski definition) is 4. The predicted octanol–water partition coefficient (Wildman–Crippen LogP) is 1.49. The fraction of sp³-hybridized carbons (Fsp3) is 0. The summed E-state index contributed by atoms with van der Waals surface area (Å²) in [6.07, 6.45) is 1.38. The molecule has 0 bridgehead atoms. The van der Waals surface area contributed by atoms with Crippen molar-refractivity contribution in [2.75, 3.05) is 5.32 Å². The van der Waals surface area contributed by atoms with Gasteiger partial charge in [0.1, 0.15) is 5.52 Å². The summed E-state index contributed by atoms with van der Waals surface area (Å²) in [6.45, 7) is 0. The number of hydrogen-bond acceptors (Lipinski definition) is 6. The van der Waals surface area contributed by atoms with Gasteiger partial charge in [-0.3, -0.25) is 0 Å². The summed E-state index contributed by atoms with van der Waals surface area (Å²) in [6, 6.07) is 5.95. The Balaban J connectivity index is 2.00. The molecular weight excluding hydrogens is 290 g/mol. The topological polar surface area (TPSA) is 141 Å². The number of carboxylic acid groups (broad SMARTS) is 2. The number of H-pyrrole nitrogens is 1. The van der Waals surface area contributed by atoms with E-state index in [4.69, 9.17) is 10.2 Å². The zero-order valence-electron chi connectivity index (χ0n) is 10.9. The van der Waals surface area contributed by atoms with Crippen LogP contribution in [0.3, 0.4) is 0 Å². The summed E-state index contributed by atoms with van der Waals surface area (Å²) >= 11 is 0. The van der Waals surface area contributed by atoms with Gasteiger partial charge in [-0.15, -0.1) is 0 Å². The lowest BCUT2D eigenvalue weighted by molar-refractivity contribution is 0.0678. The quantitative estimate of drug-likeness (QED) is 0.567. The highest BCUT2D eigenvalue weighted by molar-refractivity contribution is 5.91. The number of aromatic amines is 1. The zero-order chi connectivity index (χ0) is 15.7. The molecular formula is C13H9N5O4. The Morgan fingerprint density at radius 1 is 1.05 bits per heavy atom. The molecule has 0 aliphatic heterocycles. The van der Waals surface area contributed by atoms with Crippen LogP contribution in [0.15, 0.2) is 30.6 Å². The molecule has 1 aromatic carbocycles. The van der Waals surface area contributed by atoms with E-state index in [2.05, 4.69) is 25.3 Å². The number of aromatic nitrogens is 4. The van der Waals surface area contributed by atoms with Gasteiger partial charge in [-0.1, -0.05) is 0 Å². The first-order valence-corrected chi connectivity index (χ1v) is 6.09. The second-order valence-electron chi connectivity index (χ2n) is 4.31. The van der Waals surface area contributed by atoms with Gasteiger partial charge >= 0.3 is 11.9 Å². The molecule has 0 aliphatic carbocycles. The fourth-order valence-electron chi connectivity index (χ4n) is 1.85. The Morgan fingerprint density at radius 2 is 1.77 bits per heavy atom. The molecule has 0 saturated heterocycles. The molecule has 2 heterocycles. The summed E-state index contributed by atoms with van der Waals surface area (Å²) in [5.41, 5.74) is 1.37. The van der Waals surface area contributed by atoms with E-state index >= 15 is 0 Å². The first-order chi connectivity index (χ1) is 10.5. The molecule has 3 rings (SSSR count). The molecule has 9 heteroatoms. The Bertz CT molecular complexity index is 872. The molecule has 0 atom stereocenters. The minimum atomic E-state index is -1.27. The van der Waals surface area contributed by atoms with Crippen molar-refractivity contribution in [3.8, 4) is 0 Å². The van der Waals surface area contributed by atoms with E-state index in [0.29, 0.717) is 11.2 Å². The number of imidazole rings is 1. The van der Waals surface area contributed by atoms with Gasteiger partial charge in [-0.2, -0.15) is 0 Å². The molecule has 0 amide bonds. The third-order valence-corrected chi connectivity index (χ3v) is 2.87. The second kappa shape index (κ2) is 5.13. The summed E-state index contributed by atoms with van der Waals surface area (Å²) in [5, 5.41) is 20.8. The number of carboxylic acids is 2. The van der Waals surface area contributed by atoms with E-state index in [1.807, 2.05) is 0 Å². The first kappa shape index (κ1) is 13.5. The highest BCUT2D eigenvalue weighted by Gasteiger charge is 2.14. The van der Waals surface area contributed by atoms with Gasteiger partial charge in [-0.05, 0) is 24.3 Å². The van der Waals surface area contributed by atoms with Crippen molar-refractivity contribution >= 4 is 34.6 Å². The zero-order valence-corrected chi connectivity index (χ0v) is 10.9. The second-order valence-corrected chi connectivity index (χ2v) is 4.31. The lowest BCUT2D eigenvalue weighted by atomic mass is 10.2. The maximum Gasteiger partial charge on any atom is 0.374 e. The first-order valence-electron chi connectivity index (χ1n) is 6.09. The van der Waals surface area contributed by atoms with E-state index in [9.17, 15) is 9.59 Å². The average Bonchev–Trinajstić information content (AvgIpc) is 2.96. The number of aromatic carboxylic acids is 2. The lowest BCUT2D eigenvalue weighted by Crippen LogP contribution is -2.07. The van der Waals surface area contributed by atoms with Crippen LogP contribution in [0.5, 0.6) is 0 Å². The fourth-order valence-corrected chi connectivity index (χ4v) is 1.85. The highest BCUT2D eigenvalue weighted by atomic mass is 16.4. The van der Waals surface area contributed by atoms with Crippen LogP contribution in [0.2, 0.25) is 0 Å². The molecule has 3 aromatic rings. The Kier molecular flexibility index (Phi) is 3.14. The molecule has 9 nitrogen and oxygen atoms in total. The Labute approximate surface area is 122 Å². The molecule has 4 N–H and O–H groups in total. The van der Waals surface area contributed by atoms with Crippen LogP contribution in [0.25, 0.3) is 11.2 Å². The molecule has 0 spiro atoms. The van der Waals surface area contributed by atoms with Crippen LogP contribution in [0.1, 0.15) is 21.0 Å². The summed E-state index contributed by atoms with van der Waals surface area (Å²) < 4.78 is 0. The number of carbonyl (C=O) groups is 2. The number of nitrogens with zero attached hydrogens (tertiary/aromatic N) is 3. The molecule has 0 saturated carbocycles. The van der Waals surface area contributed by atoms with Gasteiger partial charge in [-0.25, -0.2) is 24.5 Å². The van der Waals surface area contributed by atoms with E-state index < -0.39 is 11.9 Å². The number of fused-ring (bicyclic) bond motifs is 1. The normalized spacial score (nSPS) is 10.5. The standard InChI is InChI=1S/C13H9N5O4/c19-12(20)6-1-3-7(4-2-6)16-10-8-9(15-5-14-8)17-11(18-10)13(21)22/h1-5H,(H,19,20)(H,21,22)(H2,14,15,16,17,18). The van der Waals surface area contributed by atoms with Crippen LogP contribution >= 0.6 is 0 Å². The Morgan fingerprint density at radius 3 is 2.41 bits per heavy atom. The van der Waals surface area contributed by atoms with E-state index in [-0.39, 0.29) is 22.9 Å². The van der Waals surface area contributed by atoms with E-state index in [1.165, 1.54) is 18.5 Å². The van der Waals surface area contributed by atoms with Crippen LogP contribution in [-0.4, -0.2) is 42.1 Å². The number of benzene rings is 1. The van der Waals surface area contributed by atoms with E-state index in [1.54, 1.807) is 12.1 Å². The lowest BCUT2D eigenvalue weighted by Gasteiger charge is -2.07. The summed E-state index contributed by atoms with van der Waals surface area (Å²) in [7, 11) is 0. The molecule has 0 radical (unpaired) electrons. The highest BCUT2D eigenvalue weighted by Crippen LogP contribution is 2.21. The molecule has 0 aliphatic rings. The number of nitrogens with one attached hydrogen (secondary N) is 2. The third kappa shape index (κ3) is 2.42. The summed E-state index contributed by atoms with van der Waals surface area (Å²) in [4.78, 5) is 36.3. The maximum atomic E-state index is 11.0. The van der Waals surface area contributed by atoms with Gasteiger partial charge in [0.2, 0.25) is 5.82 Å². The number of anilines is 2. The van der Waals surface area contributed by atoms with Gasteiger partial charge in [0.25, 0.3) is 0 Å². The van der Waals surface area contributed by atoms with Crippen LogP contribution in [0, 0.1) is 0 Å². The van der Waals surface area contributed by atoms with Crippen molar-refractivity contribution in [2.24, 2.45) is 0 Å². The van der Waals surface area contributed by atoms with Crippen molar-refractivity contribution in [1.82, 2.24) is 19.9 Å². The maximum absolute atomic E-state index is 11.0. The molecule has 0 unspecified atom stereocenters. The van der Waals surface area contributed by atoms with Crippen molar-refractivity contribution in [3.05, 3.63) is 42.0 Å². The van der Waals surface area contributed by atoms with Crippen LogP contribution in [0.4, 0.5) is 11.5 Å². The SMILES string of the molecule is O=C(O)c1ccc(Nc2nc(C(=O)O)nc3nc[nH]c23)cc1. The third-order valence-electron chi connectivity index (χ3n) is 2.87. The molecule has 2 aromatic heterocycles. The van der Waals surface area contributed by atoms with Crippen LogP contribution in [-0.2, 0) is 0 Å². The van der Waals surface area contributed by atoms with E-state index in [0.717, 1.165) is 0 Å². The number of rotatable bonds is 4. The van der Waals surface area contributed by atoms with Crippen molar-refractivity contribution in [2.45, 2.75) is 0 Å². The minimum Gasteiger partial charge on any atom is -0.478 e. The van der Waals surface area contributed by atoms with Gasteiger partial charge in [0.05, 0.1) is 11.9 Å². The summed E-state index contributed by atoms with van der Waals surface area (Å²) in [5.74, 6) is -2.45. The van der Waals surface area contributed by atoms with Crippen molar-refractivity contribution in [3.63, 3.8) is 0 Å². The largest absolute Gasteiger partial charge is 0.478 e. The van der Waals surface area contributed by atoms with Crippen molar-refractivity contribution in [1.29, 1.82) is 0 Å². The van der Waals surface area contributed by atoms with Crippen molar-refractivity contribution < 1.29 is 19.8 Å². The van der Waals surface area contributed by atoms with Gasteiger partial charge in [0, 0.05) is 5.69 Å².